The zero-order valence-corrected chi connectivity index (χ0v) is 15.8. The largest absolute Gasteiger partial charge is 0.387 e. The van der Waals surface area contributed by atoms with Crippen LogP contribution in [0.15, 0.2) is 29.3 Å². The van der Waals surface area contributed by atoms with Crippen LogP contribution >= 0.6 is 35.7 Å². The van der Waals surface area contributed by atoms with Gasteiger partial charge in [0.1, 0.15) is 5.82 Å². The molecule has 0 saturated carbocycles. The fourth-order valence-corrected chi connectivity index (χ4v) is 3.38. The molecule has 0 radical (unpaired) electrons. The van der Waals surface area contributed by atoms with E-state index in [1.165, 1.54) is 12.1 Å². The number of hydrogen-bond acceptors (Lipinski definition) is 3. The summed E-state index contributed by atoms with van der Waals surface area (Å²) < 4.78 is 12.9. The van der Waals surface area contributed by atoms with E-state index in [2.05, 4.69) is 15.6 Å². The molecule has 1 aliphatic heterocycles. The molecule has 1 fully saturated rings. The molecule has 0 amide bonds. The number of nitrogens with zero attached hydrogens (tertiary/aromatic N) is 1. The number of guanidine groups is 1. The van der Waals surface area contributed by atoms with Crippen molar-refractivity contribution < 1.29 is 9.50 Å². The van der Waals surface area contributed by atoms with Crippen LogP contribution < -0.4 is 10.6 Å². The van der Waals surface area contributed by atoms with Crippen molar-refractivity contribution in [2.75, 3.05) is 24.6 Å². The van der Waals surface area contributed by atoms with Crippen molar-refractivity contribution in [2.24, 2.45) is 4.99 Å². The van der Waals surface area contributed by atoms with Crippen LogP contribution in [0.1, 0.15) is 18.9 Å². The van der Waals surface area contributed by atoms with E-state index in [0.717, 1.165) is 30.0 Å². The van der Waals surface area contributed by atoms with Crippen molar-refractivity contribution >= 4 is 41.7 Å². The summed E-state index contributed by atoms with van der Waals surface area (Å²) in [7, 11) is 0. The number of halogens is 2. The van der Waals surface area contributed by atoms with Gasteiger partial charge in [-0.05, 0) is 36.8 Å². The molecule has 4 nitrogen and oxygen atoms in total. The van der Waals surface area contributed by atoms with E-state index in [1.54, 1.807) is 23.9 Å². The van der Waals surface area contributed by atoms with Crippen LogP contribution in [0.25, 0.3) is 0 Å². The SMILES string of the molecule is CCNC(=NCc1ccc(F)cc1)NCC1(O)CCSC1.I. The van der Waals surface area contributed by atoms with E-state index in [-0.39, 0.29) is 29.8 Å². The summed E-state index contributed by atoms with van der Waals surface area (Å²) in [4.78, 5) is 4.46. The predicted molar refractivity (Wildman–Crippen MR) is 102 cm³/mol. The third-order valence-corrected chi connectivity index (χ3v) is 4.58. The highest BCUT2D eigenvalue weighted by Crippen LogP contribution is 2.26. The maximum atomic E-state index is 12.9. The Labute approximate surface area is 152 Å². The molecule has 1 aromatic carbocycles. The van der Waals surface area contributed by atoms with Gasteiger partial charge in [-0.1, -0.05) is 12.1 Å². The Hall–Kier alpha value is -0.540. The van der Waals surface area contributed by atoms with Crippen LogP contribution in [-0.4, -0.2) is 41.3 Å². The van der Waals surface area contributed by atoms with Gasteiger partial charge in [-0.2, -0.15) is 11.8 Å². The Balaban J connectivity index is 0.00000242. The van der Waals surface area contributed by atoms with Gasteiger partial charge in [-0.15, -0.1) is 24.0 Å². The molecular formula is C15H23FIN3OS. The van der Waals surface area contributed by atoms with Crippen LogP contribution in [0, 0.1) is 5.82 Å². The lowest BCUT2D eigenvalue weighted by molar-refractivity contribution is 0.0724. The lowest BCUT2D eigenvalue weighted by atomic mass is 10.0. The average Bonchev–Trinajstić information content (AvgIpc) is 2.91. The number of aliphatic hydroxyl groups is 1. The number of thioether (sulfide) groups is 1. The molecule has 3 N–H and O–H groups in total. The summed E-state index contributed by atoms with van der Waals surface area (Å²) in [5.74, 6) is 2.19. The molecule has 0 aliphatic carbocycles. The molecule has 124 valence electrons. The maximum Gasteiger partial charge on any atom is 0.191 e. The first-order valence-corrected chi connectivity index (χ1v) is 8.33. The first-order chi connectivity index (χ1) is 10.1. The number of rotatable bonds is 5. The number of aliphatic imine (C=N–C) groups is 1. The molecular weight excluding hydrogens is 416 g/mol. The Morgan fingerprint density at radius 2 is 2.09 bits per heavy atom. The van der Waals surface area contributed by atoms with Crippen molar-refractivity contribution in [3.8, 4) is 0 Å². The maximum absolute atomic E-state index is 12.9. The molecule has 7 heteroatoms. The van der Waals surface area contributed by atoms with E-state index >= 15 is 0 Å². The van der Waals surface area contributed by atoms with Gasteiger partial charge >= 0.3 is 0 Å². The minimum Gasteiger partial charge on any atom is -0.387 e. The molecule has 2 rings (SSSR count). The van der Waals surface area contributed by atoms with Gasteiger partial charge < -0.3 is 15.7 Å². The van der Waals surface area contributed by atoms with Crippen molar-refractivity contribution in [3.05, 3.63) is 35.6 Å². The predicted octanol–water partition coefficient (Wildman–Crippen LogP) is 2.37. The minimum atomic E-state index is -0.642. The average molecular weight is 439 g/mol. The number of nitrogens with one attached hydrogen (secondary N) is 2. The molecule has 1 aromatic rings. The summed E-state index contributed by atoms with van der Waals surface area (Å²) in [5.41, 5.74) is 0.306. The van der Waals surface area contributed by atoms with Crippen LogP contribution in [0.5, 0.6) is 0 Å². The standard InChI is InChI=1S/C15H22FN3OS.HI/c1-2-17-14(19-10-15(20)7-8-21-11-15)18-9-12-3-5-13(16)6-4-12;/h3-6,20H,2,7-11H2,1H3,(H2,17,18,19);1H. The molecule has 0 aromatic heterocycles. The summed E-state index contributed by atoms with van der Waals surface area (Å²) in [5, 5.41) is 16.7. The van der Waals surface area contributed by atoms with Gasteiger partial charge in [0.15, 0.2) is 5.96 Å². The monoisotopic (exact) mass is 439 g/mol. The third-order valence-electron chi connectivity index (χ3n) is 3.34. The summed E-state index contributed by atoms with van der Waals surface area (Å²) in [6, 6.07) is 6.32. The second-order valence-electron chi connectivity index (χ2n) is 5.20. The highest BCUT2D eigenvalue weighted by atomic mass is 127. The van der Waals surface area contributed by atoms with Crippen molar-refractivity contribution in [2.45, 2.75) is 25.5 Å². The highest BCUT2D eigenvalue weighted by molar-refractivity contribution is 14.0. The molecule has 1 unspecified atom stereocenters. The molecule has 22 heavy (non-hydrogen) atoms. The van der Waals surface area contributed by atoms with E-state index in [9.17, 15) is 9.50 Å². The first kappa shape index (κ1) is 19.5. The molecule has 1 atom stereocenters. The minimum absolute atomic E-state index is 0. The van der Waals surface area contributed by atoms with Crippen LogP contribution in [0.2, 0.25) is 0 Å². The van der Waals surface area contributed by atoms with Crippen molar-refractivity contribution in [1.29, 1.82) is 0 Å². The van der Waals surface area contributed by atoms with Crippen molar-refractivity contribution in [3.63, 3.8) is 0 Å². The van der Waals surface area contributed by atoms with E-state index in [1.807, 2.05) is 6.92 Å². The quantitative estimate of drug-likeness (QED) is 0.375. The Morgan fingerprint density at radius 1 is 1.36 bits per heavy atom. The first-order valence-electron chi connectivity index (χ1n) is 7.18. The lowest BCUT2D eigenvalue weighted by Crippen LogP contribution is -2.47. The lowest BCUT2D eigenvalue weighted by Gasteiger charge is -2.23. The Morgan fingerprint density at radius 3 is 2.68 bits per heavy atom. The van der Waals surface area contributed by atoms with Crippen molar-refractivity contribution in [1.82, 2.24) is 10.6 Å². The zero-order valence-electron chi connectivity index (χ0n) is 12.6. The normalized spacial score (nSPS) is 21.3. The molecule has 1 saturated heterocycles. The fraction of sp³-hybridized carbons (Fsp3) is 0.533. The number of benzene rings is 1. The van der Waals surface area contributed by atoms with Crippen LogP contribution in [-0.2, 0) is 6.54 Å². The van der Waals surface area contributed by atoms with Crippen LogP contribution in [0.3, 0.4) is 0 Å². The molecule has 0 spiro atoms. The molecule has 1 aliphatic rings. The van der Waals surface area contributed by atoms with E-state index in [0.29, 0.717) is 19.0 Å². The van der Waals surface area contributed by atoms with Gasteiger partial charge in [-0.25, -0.2) is 9.38 Å². The Bertz CT molecular complexity index is 478. The van der Waals surface area contributed by atoms with Crippen LogP contribution in [0.4, 0.5) is 4.39 Å². The summed E-state index contributed by atoms with van der Waals surface area (Å²) in [6.45, 7) is 3.72. The fourth-order valence-electron chi connectivity index (χ4n) is 2.09. The van der Waals surface area contributed by atoms with Gasteiger partial charge in [0.25, 0.3) is 0 Å². The third kappa shape index (κ3) is 6.29. The zero-order chi connectivity index (χ0) is 15.1. The second kappa shape index (κ2) is 9.57. The summed E-state index contributed by atoms with van der Waals surface area (Å²) >= 11 is 1.77. The molecule has 0 bridgehead atoms. The van der Waals surface area contributed by atoms with E-state index in [4.69, 9.17) is 0 Å². The number of hydrogen-bond donors (Lipinski definition) is 3. The molecule has 1 heterocycles. The van der Waals surface area contributed by atoms with E-state index < -0.39 is 5.60 Å². The smallest absolute Gasteiger partial charge is 0.191 e. The van der Waals surface area contributed by atoms with Gasteiger partial charge in [0, 0.05) is 18.8 Å². The van der Waals surface area contributed by atoms with Gasteiger partial charge in [-0.3, -0.25) is 0 Å². The second-order valence-corrected chi connectivity index (χ2v) is 6.31. The van der Waals surface area contributed by atoms with Gasteiger partial charge in [0.2, 0.25) is 0 Å². The Kier molecular flexibility index (Phi) is 8.48. The van der Waals surface area contributed by atoms with Gasteiger partial charge in [0.05, 0.1) is 12.1 Å². The summed E-state index contributed by atoms with van der Waals surface area (Å²) in [6.07, 6.45) is 0.808. The topological polar surface area (TPSA) is 56.7 Å². The highest BCUT2D eigenvalue weighted by Gasteiger charge is 2.31.